The molecule has 0 amide bonds. The first kappa shape index (κ1) is 14.6. The number of benzene rings is 1. The van der Waals surface area contributed by atoms with Gasteiger partial charge in [-0.2, -0.15) is 5.26 Å². The van der Waals surface area contributed by atoms with Crippen LogP contribution in [-0.4, -0.2) is 23.2 Å². The number of nitrogens with zero attached hydrogens (tertiary/aromatic N) is 2. The molecule has 0 saturated heterocycles. The molecule has 1 aromatic heterocycles. The second-order valence-electron chi connectivity index (χ2n) is 3.98. The standard InChI is InChI=1S/C14H10ClN3O3/c1-21-12-6-11(10(15)5-9(12)14(19)20)18-13-4-2-3-8(7-16)17-13/h2-6H,1H3,(H,17,18)(H,19,20). The number of anilines is 2. The van der Waals surface area contributed by atoms with Crippen molar-refractivity contribution in [2.45, 2.75) is 0 Å². The van der Waals surface area contributed by atoms with Gasteiger partial charge >= 0.3 is 5.97 Å². The van der Waals surface area contributed by atoms with Gasteiger partial charge in [0.1, 0.15) is 28.9 Å². The number of nitrogens with one attached hydrogen (secondary N) is 1. The molecule has 6 nitrogen and oxygen atoms in total. The van der Waals surface area contributed by atoms with Crippen LogP contribution in [0.1, 0.15) is 16.1 Å². The number of carbonyl (C=O) groups is 1. The lowest BCUT2D eigenvalue weighted by Gasteiger charge is -2.12. The predicted molar refractivity (Wildman–Crippen MR) is 77.2 cm³/mol. The van der Waals surface area contributed by atoms with Gasteiger partial charge < -0.3 is 15.2 Å². The van der Waals surface area contributed by atoms with Crippen LogP contribution in [0, 0.1) is 11.3 Å². The van der Waals surface area contributed by atoms with E-state index in [1.165, 1.54) is 19.2 Å². The molecular weight excluding hydrogens is 294 g/mol. The molecule has 0 aliphatic heterocycles. The van der Waals surface area contributed by atoms with E-state index in [1.54, 1.807) is 18.2 Å². The van der Waals surface area contributed by atoms with Crippen LogP contribution in [0.2, 0.25) is 5.02 Å². The molecule has 0 aliphatic rings. The van der Waals surface area contributed by atoms with Crippen molar-refractivity contribution >= 4 is 29.1 Å². The Bertz CT molecular complexity index is 741. The maximum atomic E-state index is 11.1. The number of methoxy groups -OCH3 is 1. The molecule has 2 N–H and O–H groups in total. The van der Waals surface area contributed by atoms with E-state index in [0.29, 0.717) is 11.5 Å². The number of carboxylic acid groups (broad SMARTS) is 1. The Labute approximate surface area is 125 Å². The smallest absolute Gasteiger partial charge is 0.339 e. The van der Waals surface area contributed by atoms with Gasteiger partial charge in [0.15, 0.2) is 0 Å². The van der Waals surface area contributed by atoms with Crippen molar-refractivity contribution in [3.8, 4) is 11.8 Å². The number of hydrogen-bond acceptors (Lipinski definition) is 5. The lowest BCUT2D eigenvalue weighted by molar-refractivity contribution is 0.0693. The zero-order valence-electron chi connectivity index (χ0n) is 10.9. The topological polar surface area (TPSA) is 95.2 Å². The molecule has 7 heteroatoms. The maximum Gasteiger partial charge on any atom is 0.339 e. The summed E-state index contributed by atoms with van der Waals surface area (Å²) in [5.41, 5.74) is 0.651. The van der Waals surface area contributed by atoms with E-state index < -0.39 is 5.97 Å². The van der Waals surface area contributed by atoms with Crippen LogP contribution in [0.25, 0.3) is 0 Å². The summed E-state index contributed by atoms with van der Waals surface area (Å²) in [7, 11) is 1.37. The molecule has 1 heterocycles. The van der Waals surface area contributed by atoms with Gasteiger partial charge in [-0.25, -0.2) is 9.78 Å². The summed E-state index contributed by atoms with van der Waals surface area (Å²) < 4.78 is 5.03. The molecule has 21 heavy (non-hydrogen) atoms. The first-order valence-corrected chi connectivity index (χ1v) is 6.18. The number of aromatic nitrogens is 1. The first-order chi connectivity index (χ1) is 10.0. The third kappa shape index (κ3) is 3.22. The fraction of sp³-hybridized carbons (Fsp3) is 0.0714. The largest absolute Gasteiger partial charge is 0.496 e. The highest BCUT2D eigenvalue weighted by molar-refractivity contribution is 6.33. The van der Waals surface area contributed by atoms with E-state index in [9.17, 15) is 4.79 Å². The third-order valence-corrected chi connectivity index (χ3v) is 2.96. The second kappa shape index (κ2) is 6.11. The van der Waals surface area contributed by atoms with Crippen molar-refractivity contribution < 1.29 is 14.6 Å². The Morgan fingerprint density at radius 2 is 2.24 bits per heavy atom. The Kier molecular flexibility index (Phi) is 4.26. The van der Waals surface area contributed by atoms with Crippen molar-refractivity contribution in [3.63, 3.8) is 0 Å². The van der Waals surface area contributed by atoms with Gasteiger partial charge in [-0.15, -0.1) is 0 Å². The summed E-state index contributed by atoms with van der Waals surface area (Å²) in [5.74, 6) is -0.545. The lowest BCUT2D eigenvalue weighted by Crippen LogP contribution is -2.03. The van der Waals surface area contributed by atoms with Crippen molar-refractivity contribution in [3.05, 3.63) is 46.6 Å². The molecule has 2 aromatic rings. The van der Waals surface area contributed by atoms with E-state index in [4.69, 9.17) is 26.7 Å². The number of hydrogen-bond donors (Lipinski definition) is 2. The van der Waals surface area contributed by atoms with Gasteiger partial charge in [0.2, 0.25) is 0 Å². The zero-order chi connectivity index (χ0) is 15.4. The monoisotopic (exact) mass is 303 g/mol. The Hall–Kier alpha value is -2.78. The number of pyridine rings is 1. The highest BCUT2D eigenvalue weighted by atomic mass is 35.5. The molecule has 0 fully saturated rings. The van der Waals surface area contributed by atoms with E-state index in [2.05, 4.69) is 10.3 Å². The number of halogens is 1. The fourth-order valence-electron chi connectivity index (χ4n) is 1.69. The lowest BCUT2D eigenvalue weighted by atomic mass is 10.1. The highest BCUT2D eigenvalue weighted by Gasteiger charge is 2.15. The van der Waals surface area contributed by atoms with Crippen LogP contribution in [-0.2, 0) is 0 Å². The molecule has 0 aliphatic carbocycles. The number of nitriles is 1. The van der Waals surface area contributed by atoms with Crippen LogP contribution < -0.4 is 10.1 Å². The summed E-state index contributed by atoms with van der Waals surface area (Å²) in [6, 6.07) is 9.59. The van der Waals surface area contributed by atoms with Crippen LogP contribution in [0.3, 0.4) is 0 Å². The van der Waals surface area contributed by atoms with E-state index in [-0.39, 0.29) is 22.0 Å². The highest BCUT2D eigenvalue weighted by Crippen LogP contribution is 2.32. The average molecular weight is 304 g/mol. The van der Waals surface area contributed by atoms with Gasteiger partial charge in [0.05, 0.1) is 17.8 Å². The second-order valence-corrected chi connectivity index (χ2v) is 4.39. The normalized spacial score (nSPS) is 9.76. The third-order valence-electron chi connectivity index (χ3n) is 2.65. The molecule has 0 atom stereocenters. The molecule has 0 saturated carbocycles. The minimum absolute atomic E-state index is 0.0354. The number of aromatic carboxylic acids is 1. The molecule has 0 unspecified atom stereocenters. The Morgan fingerprint density at radius 1 is 1.48 bits per heavy atom. The zero-order valence-corrected chi connectivity index (χ0v) is 11.7. The molecule has 0 bridgehead atoms. The fourth-order valence-corrected chi connectivity index (χ4v) is 1.90. The minimum Gasteiger partial charge on any atom is -0.496 e. The average Bonchev–Trinajstić information content (AvgIpc) is 2.49. The minimum atomic E-state index is -1.13. The molecule has 2 rings (SSSR count). The number of ether oxygens (including phenoxy) is 1. The molecule has 1 aromatic carbocycles. The van der Waals surface area contributed by atoms with Gasteiger partial charge in [0.25, 0.3) is 0 Å². The van der Waals surface area contributed by atoms with Gasteiger partial charge in [-0.3, -0.25) is 0 Å². The summed E-state index contributed by atoms with van der Waals surface area (Å²) in [6.45, 7) is 0. The van der Waals surface area contributed by atoms with Crippen LogP contribution in [0.5, 0.6) is 5.75 Å². The van der Waals surface area contributed by atoms with E-state index >= 15 is 0 Å². The Balaban J connectivity index is 2.40. The van der Waals surface area contributed by atoms with Crippen LogP contribution in [0.4, 0.5) is 11.5 Å². The summed E-state index contributed by atoms with van der Waals surface area (Å²) in [5, 5.41) is 21.0. The predicted octanol–water partition coefficient (Wildman–Crippen LogP) is 3.06. The molecule has 0 radical (unpaired) electrons. The molecule has 0 spiro atoms. The Morgan fingerprint density at radius 3 is 2.86 bits per heavy atom. The van der Waals surface area contributed by atoms with Crippen LogP contribution in [0.15, 0.2) is 30.3 Å². The van der Waals surface area contributed by atoms with Crippen LogP contribution >= 0.6 is 11.6 Å². The van der Waals surface area contributed by atoms with Gasteiger partial charge in [0, 0.05) is 6.07 Å². The van der Waals surface area contributed by atoms with Crippen molar-refractivity contribution in [1.82, 2.24) is 4.98 Å². The van der Waals surface area contributed by atoms with Crippen molar-refractivity contribution in [1.29, 1.82) is 5.26 Å². The van der Waals surface area contributed by atoms with Gasteiger partial charge in [-0.1, -0.05) is 17.7 Å². The number of carboxylic acids is 1. The summed E-state index contributed by atoms with van der Waals surface area (Å²) in [6.07, 6.45) is 0. The maximum absolute atomic E-state index is 11.1. The van der Waals surface area contributed by atoms with Crippen molar-refractivity contribution in [2.24, 2.45) is 0 Å². The summed E-state index contributed by atoms with van der Waals surface area (Å²) in [4.78, 5) is 15.1. The SMILES string of the molecule is COc1cc(Nc2cccc(C#N)n2)c(Cl)cc1C(=O)O. The molecular formula is C14H10ClN3O3. The van der Waals surface area contributed by atoms with E-state index in [1.807, 2.05) is 6.07 Å². The van der Waals surface area contributed by atoms with Crippen molar-refractivity contribution in [2.75, 3.05) is 12.4 Å². The van der Waals surface area contributed by atoms with E-state index in [0.717, 1.165) is 0 Å². The first-order valence-electron chi connectivity index (χ1n) is 5.80. The summed E-state index contributed by atoms with van der Waals surface area (Å²) >= 11 is 6.05. The van der Waals surface area contributed by atoms with Gasteiger partial charge in [-0.05, 0) is 18.2 Å². The molecule has 106 valence electrons. The number of rotatable bonds is 4. The quantitative estimate of drug-likeness (QED) is 0.901.